The van der Waals surface area contributed by atoms with Crippen LogP contribution >= 0.6 is 0 Å². The zero-order chi connectivity index (χ0) is 17.9. The minimum Gasteiger partial charge on any atom is -0.490 e. The van der Waals surface area contributed by atoms with Crippen LogP contribution in [0.5, 0.6) is 23.0 Å². The van der Waals surface area contributed by atoms with Crippen LogP contribution in [0, 0.1) is 0 Å². The normalized spacial score (nSPS) is 15.7. The molecule has 0 bridgehead atoms. The largest absolute Gasteiger partial charge is 0.490 e. The van der Waals surface area contributed by atoms with Crippen molar-refractivity contribution in [2.24, 2.45) is 0 Å². The van der Waals surface area contributed by atoms with Crippen LogP contribution in [0.1, 0.15) is 13.3 Å². The van der Waals surface area contributed by atoms with Crippen molar-refractivity contribution >= 4 is 17.3 Å². The maximum absolute atomic E-state index is 12.5. The van der Waals surface area contributed by atoms with Gasteiger partial charge in [-0.3, -0.25) is 4.79 Å². The molecule has 0 aliphatic carbocycles. The fraction of sp³-hybridized carbons (Fsp3) is 0.316. The van der Waals surface area contributed by atoms with Gasteiger partial charge in [-0.05, 0) is 31.2 Å². The van der Waals surface area contributed by atoms with Crippen LogP contribution in [-0.4, -0.2) is 32.0 Å². The molecular formula is C19H20N2O5. The van der Waals surface area contributed by atoms with Crippen LogP contribution in [0.15, 0.2) is 36.4 Å². The van der Waals surface area contributed by atoms with E-state index < -0.39 is 6.04 Å². The lowest BCUT2D eigenvalue weighted by Crippen LogP contribution is -2.31. The molecule has 2 aliphatic heterocycles. The maximum atomic E-state index is 12.5. The molecule has 2 aromatic carbocycles. The summed E-state index contributed by atoms with van der Waals surface area (Å²) in [5, 5.41) is 6.05. The third kappa shape index (κ3) is 3.46. The highest BCUT2D eigenvalue weighted by Crippen LogP contribution is 2.34. The second-order valence-electron chi connectivity index (χ2n) is 6.14. The number of amides is 1. The molecule has 26 heavy (non-hydrogen) atoms. The van der Waals surface area contributed by atoms with Gasteiger partial charge in [0, 0.05) is 29.9 Å². The van der Waals surface area contributed by atoms with E-state index in [2.05, 4.69) is 10.6 Å². The Bertz CT molecular complexity index is 824. The highest BCUT2D eigenvalue weighted by molar-refractivity contribution is 5.96. The first kappa shape index (κ1) is 16.4. The number of fused-ring (bicyclic) bond motifs is 2. The molecule has 136 valence electrons. The van der Waals surface area contributed by atoms with Gasteiger partial charge in [-0.25, -0.2) is 0 Å². The van der Waals surface area contributed by atoms with Crippen LogP contribution in [0.2, 0.25) is 0 Å². The van der Waals surface area contributed by atoms with E-state index in [1.165, 1.54) is 0 Å². The Hall–Kier alpha value is -3.09. The first-order chi connectivity index (χ1) is 12.7. The van der Waals surface area contributed by atoms with Gasteiger partial charge in [0.25, 0.3) is 0 Å². The molecule has 0 aromatic heterocycles. The van der Waals surface area contributed by atoms with Gasteiger partial charge in [0.2, 0.25) is 12.7 Å². The molecule has 2 N–H and O–H groups in total. The average Bonchev–Trinajstić information content (AvgIpc) is 2.98. The van der Waals surface area contributed by atoms with Gasteiger partial charge in [0.15, 0.2) is 23.0 Å². The summed E-state index contributed by atoms with van der Waals surface area (Å²) in [5.74, 6) is 2.57. The van der Waals surface area contributed by atoms with Crippen LogP contribution in [0.4, 0.5) is 11.4 Å². The molecule has 7 heteroatoms. The zero-order valence-corrected chi connectivity index (χ0v) is 14.4. The van der Waals surface area contributed by atoms with Gasteiger partial charge in [-0.2, -0.15) is 0 Å². The molecule has 1 atom stereocenters. The molecule has 0 fully saturated rings. The molecule has 4 rings (SSSR count). The van der Waals surface area contributed by atoms with E-state index in [4.69, 9.17) is 18.9 Å². The second kappa shape index (κ2) is 7.03. The van der Waals surface area contributed by atoms with E-state index >= 15 is 0 Å². The Morgan fingerprint density at radius 1 is 0.885 bits per heavy atom. The summed E-state index contributed by atoms with van der Waals surface area (Å²) in [7, 11) is 0. The number of carbonyl (C=O) groups is 1. The lowest BCUT2D eigenvalue weighted by Gasteiger charge is -2.17. The van der Waals surface area contributed by atoms with Gasteiger partial charge >= 0.3 is 0 Å². The minimum absolute atomic E-state index is 0.157. The van der Waals surface area contributed by atoms with Crippen molar-refractivity contribution in [2.45, 2.75) is 19.4 Å². The predicted octanol–water partition coefficient (Wildman–Crippen LogP) is 3.02. The number of nitrogens with one attached hydrogen (secondary N) is 2. The fourth-order valence-corrected chi connectivity index (χ4v) is 2.79. The molecule has 1 amide bonds. The van der Waals surface area contributed by atoms with Crippen molar-refractivity contribution in [3.63, 3.8) is 0 Å². The number of ether oxygens (including phenoxy) is 4. The quantitative estimate of drug-likeness (QED) is 0.877. The highest BCUT2D eigenvalue weighted by Gasteiger charge is 2.18. The standard InChI is InChI=1S/C19H20N2O5/c1-12(19(22)21-14-4-6-16-18(10-14)26-11-25-16)20-13-3-5-15-17(9-13)24-8-2-7-23-15/h3-6,9-10,12,20H,2,7-8,11H2,1H3,(H,21,22)/t12-/m1/s1. The predicted molar refractivity (Wildman–Crippen MR) is 96.3 cm³/mol. The first-order valence-corrected chi connectivity index (χ1v) is 8.56. The summed E-state index contributed by atoms with van der Waals surface area (Å²) >= 11 is 0. The Morgan fingerprint density at radius 2 is 1.50 bits per heavy atom. The first-order valence-electron chi connectivity index (χ1n) is 8.56. The van der Waals surface area contributed by atoms with Crippen LogP contribution in [0.25, 0.3) is 0 Å². The van der Waals surface area contributed by atoms with Crippen molar-refractivity contribution < 1.29 is 23.7 Å². The Balaban J connectivity index is 1.40. The van der Waals surface area contributed by atoms with E-state index in [-0.39, 0.29) is 12.7 Å². The van der Waals surface area contributed by atoms with Crippen LogP contribution < -0.4 is 29.6 Å². The van der Waals surface area contributed by atoms with Crippen molar-refractivity contribution in [2.75, 3.05) is 30.6 Å². The van der Waals surface area contributed by atoms with Crippen molar-refractivity contribution in [3.05, 3.63) is 36.4 Å². The van der Waals surface area contributed by atoms with Crippen molar-refractivity contribution in [1.82, 2.24) is 0 Å². The van der Waals surface area contributed by atoms with Crippen molar-refractivity contribution in [3.8, 4) is 23.0 Å². The minimum atomic E-state index is -0.440. The Kier molecular flexibility index (Phi) is 4.43. The van der Waals surface area contributed by atoms with Crippen LogP contribution in [-0.2, 0) is 4.79 Å². The fourth-order valence-electron chi connectivity index (χ4n) is 2.79. The molecule has 0 saturated carbocycles. The molecule has 2 heterocycles. The van der Waals surface area contributed by atoms with E-state index in [0.717, 1.165) is 17.9 Å². The van der Waals surface area contributed by atoms with Gasteiger partial charge < -0.3 is 29.6 Å². The van der Waals surface area contributed by atoms with Gasteiger partial charge in [-0.1, -0.05) is 0 Å². The molecule has 0 unspecified atom stereocenters. The molecule has 7 nitrogen and oxygen atoms in total. The maximum Gasteiger partial charge on any atom is 0.246 e. The second-order valence-corrected chi connectivity index (χ2v) is 6.14. The molecule has 0 spiro atoms. The lowest BCUT2D eigenvalue weighted by atomic mass is 10.2. The van der Waals surface area contributed by atoms with E-state index in [1.807, 2.05) is 18.2 Å². The number of anilines is 2. The molecular weight excluding hydrogens is 336 g/mol. The smallest absolute Gasteiger partial charge is 0.246 e. The van der Waals surface area contributed by atoms with Gasteiger partial charge in [0.1, 0.15) is 6.04 Å². The summed E-state index contributed by atoms with van der Waals surface area (Å²) in [4.78, 5) is 12.5. The van der Waals surface area contributed by atoms with E-state index in [0.29, 0.717) is 36.1 Å². The Morgan fingerprint density at radius 3 is 2.35 bits per heavy atom. The van der Waals surface area contributed by atoms with Gasteiger partial charge in [0.05, 0.1) is 13.2 Å². The zero-order valence-electron chi connectivity index (χ0n) is 14.4. The molecule has 2 aliphatic rings. The summed E-state index contributed by atoms with van der Waals surface area (Å²) in [6.07, 6.45) is 0.853. The average molecular weight is 356 g/mol. The number of hydrogen-bond donors (Lipinski definition) is 2. The summed E-state index contributed by atoms with van der Waals surface area (Å²) < 4.78 is 21.9. The Labute approximate surface area is 151 Å². The highest BCUT2D eigenvalue weighted by atomic mass is 16.7. The van der Waals surface area contributed by atoms with Crippen molar-refractivity contribution in [1.29, 1.82) is 0 Å². The SMILES string of the molecule is C[C@@H](Nc1ccc2c(c1)OCCCO2)C(=O)Nc1ccc2c(c1)OCO2. The van der Waals surface area contributed by atoms with Gasteiger partial charge in [-0.15, -0.1) is 0 Å². The molecule has 2 aromatic rings. The third-order valence-corrected chi connectivity index (χ3v) is 4.16. The molecule has 0 saturated heterocycles. The number of carbonyl (C=O) groups excluding carboxylic acids is 1. The topological polar surface area (TPSA) is 78.1 Å². The number of benzene rings is 2. The van der Waals surface area contributed by atoms with Crippen LogP contribution in [0.3, 0.4) is 0 Å². The number of rotatable bonds is 4. The monoisotopic (exact) mass is 356 g/mol. The van der Waals surface area contributed by atoms with E-state index in [1.54, 1.807) is 25.1 Å². The summed E-state index contributed by atoms with van der Waals surface area (Å²) in [5.41, 5.74) is 1.45. The third-order valence-electron chi connectivity index (χ3n) is 4.16. The lowest BCUT2D eigenvalue weighted by molar-refractivity contribution is -0.116. The summed E-state index contributed by atoms with van der Waals surface area (Å²) in [6.45, 7) is 3.27. The van der Waals surface area contributed by atoms with E-state index in [9.17, 15) is 4.79 Å². The number of hydrogen-bond acceptors (Lipinski definition) is 6. The summed E-state index contributed by atoms with van der Waals surface area (Å²) in [6, 6.07) is 10.4. The molecule has 0 radical (unpaired) electrons.